The van der Waals surface area contributed by atoms with Crippen LogP contribution in [0, 0.1) is 0 Å². The van der Waals surface area contributed by atoms with Crippen molar-refractivity contribution < 1.29 is 28.6 Å². The lowest BCUT2D eigenvalue weighted by atomic mass is 10.0. The zero-order chi connectivity index (χ0) is 22.8. The summed E-state index contributed by atoms with van der Waals surface area (Å²) in [5, 5.41) is 13.1. The van der Waals surface area contributed by atoms with Crippen molar-refractivity contribution in [2.45, 2.75) is 26.4 Å². The molecule has 0 saturated heterocycles. The molecule has 0 saturated carbocycles. The number of esters is 1. The summed E-state index contributed by atoms with van der Waals surface area (Å²) in [5.41, 5.74) is -0.886. The van der Waals surface area contributed by atoms with Gasteiger partial charge in [0.05, 0.1) is 12.5 Å². The van der Waals surface area contributed by atoms with Gasteiger partial charge >= 0.3 is 11.6 Å². The molecule has 0 aliphatic heterocycles. The average Bonchev–Trinajstić information content (AvgIpc) is 2.71. The van der Waals surface area contributed by atoms with Crippen molar-refractivity contribution in [3.05, 3.63) is 58.4 Å². The van der Waals surface area contributed by atoms with E-state index in [1.807, 2.05) is 0 Å². The summed E-state index contributed by atoms with van der Waals surface area (Å²) in [4.78, 5) is 36.8. The number of hydrogen-bond donors (Lipinski definition) is 2. The molecule has 8 heteroatoms. The minimum atomic E-state index is -1.02. The van der Waals surface area contributed by atoms with Gasteiger partial charge in [-0.05, 0) is 44.5 Å². The molecule has 0 bridgehead atoms. The molecular weight excluding hydrogens is 402 g/mol. The molecule has 31 heavy (non-hydrogen) atoms. The smallest absolute Gasteiger partial charge is 0.353 e. The summed E-state index contributed by atoms with van der Waals surface area (Å²) in [7, 11) is 1.55. The highest BCUT2D eigenvalue weighted by Crippen LogP contribution is 2.34. The van der Waals surface area contributed by atoms with E-state index < -0.39 is 41.0 Å². The number of carbonyl (C=O) groups excluding carboxylic acids is 2. The predicted octanol–water partition coefficient (Wildman–Crippen LogP) is 3.25. The van der Waals surface area contributed by atoms with Crippen LogP contribution in [-0.2, 0) is 9.53 Å². The van der Waals surface area contributed by atoms with Gasteiger partial charge in [0, 0.05) is 5.56 Å². The largest absolute Gasteiger partial charge is 0.506 e. The average molecular weight is 425 g/mol. The van der Waals surface area contributed by atoms with Crippen molar-refractivity contribution in [1.82, 2.24) is 5.32 Å². The fraction of sp³-hybridized carbons (Fsp3) is 0.261. The van der Waals surface area contributed by atoms with Crippen LogP contribution in [-0.4, -0.2) is 36.2 Å². The van der Waals surface area contributed by atoms with Crippen LogP contribution in [0.4, 0.5) is 0 Å². The molecule has 0 aliphatic carbocycles. The molecule has 0 fully saturated rings. The number of hydrogen-bond acceptors (Lipinski definition) is 7. The third-order valence-electron chi connectivity index (χ3n) is 4.35. The molecule has 0 spiro atoms. The van der Waals surface area contributed by atoms with Gasteiger partial charge in [-0.15, -0.1) is 0 Å². The zero-order valence-electron chi connectivity index (χ0n) is 17.6. The topological polar surface area (TPSA) is 115 Å². The normalized spacial score (nSPS) is 11.2. The van der Waals surface area contributed by atoms with E-state index in [2.05, 4.69) is 5.32 Å². The lowest BCUT2D eigenvalue weighted by Gasteiger charge is -2.19. The van der Waals surface area contributed by atoms with Crippen LogP contribution in [0.1, 0.15) is 31.1 Å². The van der Waals surface area contributed by atoms with E-state index in [1.165, 1.54) is 6.07 Å². The summed E-state index contributed by atoms with van der Waals surface area (Å²) in [6, 6.07) is 12.0. The van der Waals surface area contributed by atoms with E-state index in [-0.39, 0.29) is 11.0 Å². The minimum absolute atomic E-state index is 0.138. The lowest BCUT2D eigenvalue weighted by Crippen LogP contribution is -2.36. The number of rotatable bonds is 5. The second kappa shape index (κ2) is 8.51. The van der Waals surface area contributed by atoms with Gasteiger partial charge in [-0.1, -0.05) is 24.3 Å². The Balaban J connectivity index is 1.95. The number of fused-ring (bicyclic) bond motifs is 1. The maximum atomic E-state index is 12.5. The first-order valence-corrected chi connectivity index (χ1v) is 9.54. The highest BCUT2D eigenvalue weighted by molar-refractivity contribution is 6.04. The molecule has 2 N–H and O–H groups in total. The number of ether oxygens (including phenoxy) is 2. The summed E-state index contributed by atoms with van der Waals surface area (Å²) in [6.07, 6.45) is 0. The first-order valence-electron chi connectivity index (χ1n) is 9.54. The Morgan fingerprint density at radius 1 is 1.10 bits per heavy atom. The molecule has 8 nitrogen and oxygen atoms in total. The lowest BCUT2D eigenvalue weighted by molar-refractivity contribution is -0.153. The van der Waals surface area contributed by atoms with E-state index in [4.69, 9.17) is 13.9 Å². The van der Waals surface area contributed by atoms with Gasteiger partial charge in [0.25, 0.3) is 5.91 Å². The van der Waals surface area contributed by atoms with Crippen LogP contribution >= 0.6 is 0 Å². The Bertz CT molecular complexity index is 1190. The summed E-state index contributed by atoms with van der Waals surface area (Å²) >= 11 is 0. The molecule has 0 atom stereocenters. The van der Waals surface area contributed by atoms with Gasteiger partial charge in [0.15, 0.2) is 5.56 Å². The molecule has 1 aromatic heterocycles. The summed E-state index contributed by atoms with van der Waals surface area (Å²) < 4.78 is 15.7. The first kappa shape index (κ1) is 21.9. The Labute approximate surface area is 178 Å². The van der Waals surface area contributed by atoms with Crippen LogP contribution in [0.2, 0.25) is 0 Å². The van der Waals surface area contributed by atoms with Gasteiger partial charge in [-0.25, -0.2) is 4.79 Å². The third-order valence-corrected chi connectivity index (χ3v) is 4.35. The van der Waals surface area contributed by atoms with Crippen LogP contribution in [0.5, 0.6) is 11.5 Å². The second-order valence-electron chi connectivity index (χ2n) is 7.79. The molecule has 3 aromatic rings. The summed E-state index contributed by atoms with van der Waals surface area (Å²) in [6.45, 7) is 4.61. The van der Waals surface area contributed by atoms with Gasteiger partial charge in [0.1, 0.15) is 29.2 Å². The number of para-hydroxylation sites is 1. The number of carbonyl (C=O) groups is 2. The van der Waals surface area contributed by atoms with Crippen molar-refractivity contribution in [3.63, 3.8) is 0 Å². The molecular formula is C23H23NO7. The molecule has 162 valence electrons. The van der Waals surface area contributed by atoms with Crippen LogP contribution < -0.4 is 15.7 Å². The monoisotopic (exact) mass is 425 g/mol. The SMILES string of the molecule is COc1ccc(-c2cccc3c(O)c(C(=O)NCC(=O)OC(C)(C)C)c(=O)oc23)cc1. The van der Waals surface area contributed by atoms with Crippen molar-refractivity contribution in [2.24, 2.45) is 0 Å². The number of aromatic hydroxyl groups is 1. The molecule has 1 heterocycles. The van der Waals surface area contributed by atoms with Gasteiger partial charge < -0.3 is 24.3 Å². The van der Waals surface area contributed by atoms with E-state index in [0.717, 1.165) is 5.56 Å². The van der Waals surface area contributed by atoms with E-state index >= 15 is 0 Å². The number of benzene rings is 2. The van der Waals surface area contributed by atoms with E-state index in [9.17, 15) is 19.5 Å². The predicted molar refractivity (Wildman–Crippen MR) is 114 cm³/mol. The zero-order valence-corrected chi connectivity index (χ0v) is 17.6. The summed E-state index contributed by atoms with van der Waals surface area (Å²) in [5.74, 6) is -1.47. The van der Waals surface area contributed by atoms with E-state index in [0.29, 0.717) is 11.3 Å². The van der Waals surface area contributed by atoms with Crippen molar-refractivity contribution in [1.29, 1.82) is 0 Å². The maximum absolute atomic E-state index is 12.5. The number of methoxy groups -OCH3 is 1. The van der Waals surface area contributed by atoms with Gasteiger partial charge in [-0.2, -0.15) is 0 Å². The molecule has 3 rings (SSSR count). The Morgan fingerprint density at radius 2 is 1.77 bits per heavy atom. The van der Waals surface area contributed by atoms with Crippen molar-refractivity contribution in [3.8, 4) is 22.6 Å². The fourth-order valence-electron chi connectivity index (χ4n) is 3.03. The Morgan fingerprint density at radius 3 is 2.39 bits per heavy atom. The highest BCUT2D eigenvalue weighted by Gasteiger charge is 2.24. The van der Waals surface area contributed by atoms with Crippen LogP contribution in [0.15, 0.2) is 51.7 Å². The second-order valence-corrected chi connectivity index (χ2v) is 7.79. The molecule has 1 amide bonds. The maximum Gasteiger partial charge on any atom is 0.353 e. The first-order chi connectivity index (χ1) is 14.6. The van der Waals surface area contributed by atoms with Gasteiger partial charge in [-0.3, -0.25) is 9.59 Å². The highest BCUT2D eigenvalue weighted by atomic mass is 16.6. The van der Waals surface area contributed by atoms with Crippen LogP contribution in [0.25, 0.3) is 22.1 Å². The number of nitrogens with one attached hydrogen (secondary N) is 1. The Kier molecular flexibility index (Phi) is 6.01. The van der Waals surface area contributed by atoms with E-state index in [1.54, 1.807) is 64.3 Å². The molecule has 2 aromatic carbocycles. The Hall–Kier alpha value is -3.81. The quantitative estimate of drug-likeness (QED) is 0.476. The van der Waals surface area contributed by atoms with Gasteiger partial charge in [0.2, 0.25) is 0 Å². The molecule has 0 unspecified atom stereocenters. The standard InChI is InChI=1S/C23H23NO7/c1-23(2,3)31-17(25)12-24-21(27)18-19(26)16-7-5-6-15(20(16)30-22(18)28)13-8-10-14(29-4)11-9-13/h5-11,26H,12H2,1-4H3,(H,24,27). The number of amides is 1. The minimum Gasteiger partial charge on any atom is -0.506 e. The molecule has 0 radical (unpaired) electrons. The fourth-order valence-corrected chi connectivity index (χ4v) is 3.03. The van der Waals surface area contributed by atoms with Crippen LogP contribution in [0.3, 0.4) is 0 Å². The third kappa shape index (κ3) is 4.85. The van der Waals surface area contributed by atoms with Crippen molar-refractivity contribution >= 4 is 22.8 Å². The molecule has 0 aliphatic rings. The van der Waals surface area contributed by atoms with Crippen molar-refractivity contribution in [2.75, 3.05) is 13.7 Å².